The summed E-state index contributed by atoms with van der Waals surface area (Å²) in [5, 5.41) is 9.37. The first kappa shape index (κ1) is 11.7. The van der Waals surface area contributed by atoms with E-state index in [1.54, 1.807) is 6.07 Å². The maximum Gasteiger partial charge on any atom is 0.123 e. The van der Waals surface area contributed by atoms with E-state index < -0.39 is 0 Å². The van der Waals surface area contributed by atoms with Gasteiger partial charge in [0, 0.05) is 4.47 Å². The van der Waals surface area contributed by atoms with Gasteiger partial charge in [0.1, 0.15) is 5.82 Å². The number of rotatable bonds is 4. The lowest BCUT2D eigenvalue weighted by atomic mass is 10.1. The normalized spacial score (nSPS) is 12.9. The zero-order chi connectivity index (χ0) is 10.6. The van der Waals surface area contributed by atoms with E-state index >= 15 is 0 Å². The van der Waals surface area contributed by atoms with E-state index in [0.29, 0.717) is 12.8 Å². The molecule has 0 spiro atoms. The van der Waals surface area contributed by atoms with Crippen LogP contribution in [0.3, 0.4) is 0 Å². The maximum absolute atomic E-state index is 12.9. The van der Waals surface area contributed by atoms with Crippen molar-refractivity contribution in [2.75, 3.05) is 0 Å². The average molecular weight is 261 g/mol. The number of halogens is 2. The van der Waals surface area contributed by atoms with Crippen molar-refractivity contribution in [1.29, 1.82) is 0 Å². The van der Waals surface area contributed by atoms with E-state index in [2.05, 4.69) is 15.9 Å². The highest BCUT2D eigenvalue weighted by molar-refractivity contribution is 9.10. The zero-order valence-corrected chi connectivity index (χ0v) is 9.72. The predicted octanol–water partition coefficient (Wildman–Crippen LogP) is 3.29. The first-order valence-corrected chi connectivity index (χ1v) is 5.54. The van der Waals surface area contributed by atoms with Crippen molar-refractivity contribution < 1.29 is 9.50 Å². The van der Waals surface area contributed by atoms with Gasteiger partial charge in [-0.15, -0.1) is 0 Å². The molecule has 78 valence electrons. The third kappa shape index (κ3) is 3.39. The molecule has 1 unspecified atom stereocenters. The molecule has 0 aliphatic rings. The zero-order valence-electron chi connectivity index (χ0n) is 8.13. The molecule has 1 nitrogen and oxygen atoms in total. The van der Waals surface area contributed by atoms with Crippen LogP contribution in [0.5, 0.6) is 0 Å². The fraction of sp³-hybridized carbons (Fsp3) is 0.455. The largest absolute Gasteiger partial charge is 0.393 e. The molecule has 0 saturated heterocycles. The Morgan fingerprint density at radius 3 is 2.86 bits per heavy atom. The molecule has 1 atom stereocenters. The molecule has 0 radical (unpaired) electrons. The third-order valence-corrected chi connectivity index (χ3v) is 3.00. The van der Waals surface area contributed by atoms with Crippen LogP contribution < -0.4 is 0 Å². The average Bonchev–Trinajstić information content (AvgIpc) is 2.19. The van der Waals surface area contributed by atoms with Gasteiger partial charge in [-0.05, 0) is 43.0 Å². The van der Waals surface area contributed by atoms with Crippen LogP contribution in [-0.2, 0) is 6.42 Å². The Labute approximate surface area is 92.1 Å². The number of benzene rings is 1. The van der Waals surface area contributed by atoms with E-state index in [-0.39, 0.29) is 11.9 Å². The smallest absolute Gasteiger partial charge is 0.123 e. The molecule has 0 saturated carbocycles. The fourth-order valence-corrected chi connectivity index (χ4v) is 1.71. The minimum atomic E-state index is -0.287. The predicted molar refractivity (Wildman–Crippen MR) is 58.7 cm³/mol. The van der Waals surface area contributed by atoms with Crippen molar-refractivity contribution in [3.63, 3.8) is 0 Å². The Hall–Kier alpha value is -0.410. The summed E-state index contributed by atoms with van der Waals surface area (Å²) < 4.78 is 13.8. The van der Waals surface area contributed by atoms with Crippen LogP contribution in [0.15, 0.2) is 22.7 Å². The molecule has 0 aromatic heterocycles. The molecule has 0 fully saturated rings. The molecular formula is C11H14BrFO. The SMILES string of the molecule is CCC(O)CCc1cc(F)ccc1Br. The van der Waals surface area contributed by atoms with E-state index in [0.717, 1.165) is 16.5 Å². The lowest BCUT2D eigenvalue weighted by molar-refractivity contribution is 0.160. The first-order valence-electron chi connectivity index (χ1n) is 4.75. The Morgan fingerprint density at radius 1 is 1.50 bits per heavy atom. The molecule has 1 aromatic carbocycles. The van der Waals surface area contributed by atoms with Gasteiger partial charge < -0.3 is 5.11 Å². The lowest BCUT2D eigenvalue weighted by Crippen LogP contribution is -2.06. The molecule has 14 heavy (non-hydrogen) atoms. The number of hydrogen-bond donors (Lipinski definition) is 1. The van der Waals surface area contributed by atoms with Crippen LogP contribution in [0, 0.1) is 5.82 Å². The van der Waals surface area contributed by atoms with Crippen molar-refractivity contribution in [3.05, 3.63) is 34.1 Å². The van der Waals surface area contributed by atoms with Gasteiger partial charge in [0.2, 0.25) is 0 Å². The van der Waals surface area contributed by atoms with Gasteiger partial charge in [0.25, 0.3) is 0 Å². The highest BCUT2D eigenvalue weighted by atomic mass is 79.9. The summed E-state index contributed by atoms with van der Waals surface area (Å²) in [5.74, 6) is -0.228. The van der Waals surface area contributed by atoms with Gasteiger partial charge in [-0.25, -0.2) is 4.39 Å². The quantitative estimate of drug-likeness (QED) is 0.881. The Balaban J connectivity index is 2.62. The highest BCUT2D eigenvalue weighted by Gasteiger charge is 2.05. The van der Waals surface area contributed by atoms with Gasteiger partial charge in [0.15, 0.2) is 0 Å². The summed E-state index contributed by atoms with van der Waals surface area (Å²) in [6.45, 7) is 1.94. The van der Waals surface area contributed by atoms with Crippen molar-refractivity contribution in [1.82, 2.24) is 0 Å². The van der Waals surface area contributed by atoms with E-state index in [1.165, 1.54) is 12.1 Å². The number of aliphatic hydroxyl groups excluding tert-OH is 1. The summed E-state index contributed by atoms with van der Waals surface area (Å²) in [6.07, 6.45) is 1.84. The lowest BCUT2D eigenvalue weighted by Gasteiger charge is -2.08. The Bertz CT molecular complexity index is 301. The van der Waals surface area contributed by atoms with Crippen LogP contribution in [0.25, 0.3) is 0 Å². The molecule has 1 rings (SSSR count). The molecule has 0 aliphatic carbocycles. The van der Waals surface area contributed by atoms with Gasteiger partial charge in [-0.3, -0.25) is 0 Å². The molecule has 0 amide bonds. The van der Waals surface area contributed by atoms with Gasteiger partial charge in [-0.2, -0.15) is 0 Å². The molecule has 0 aliphatic heterocycles. The molecule has 3 heteroatoms. The van der Waals surface area contributed by atoms with Gasteiger partial charge in [-0.1, -0.05) is 22.9 Å². The van der Waals surface area contributed by atoms with Crippen LogP contribution in [0.1, 0.15) is 25.3 Å². The van der Waals surface area contributed by atoms with Crippen molar-refractivity contribution >= 4 is 15.9 Å². The number of aryl methyl sites for hydroxylation is 1. The second-order valence-corrected chi connectivity index (χ2v) is 4.19. The number of aliphatic hydroxyl groups is 1. The number of hydrogen-bond acceptors (Lipinski definition) is 1. The van der Waals surface area contributed by atoms with Crippen LogP contribution >= 0.6 is 15.9 Å². The van der Waals surface area contributed by atoms with Gasteiger partial charge in [0.05, 0.1) is 6.10 Å². The van der Waals surface area contributed by atoms with Crippen molar-refractivity contribution in [2.45, 2.75) is 32.3 Å². The molecular weight excluding hydrogens is 247 g/mol. The summed E-state index contributed by atoms with van der Waals surface area (Å²) >= 11 is 3.35. The minimum Gasteiger partial charge on any atom is -0.393 e. The maximum atomic E-state index is 12.9. The van der Waals surface area contributed by atoms with Crippen LogP contribution in [0.4, 0.5) is 4.39 Å². The van der Waals surface area contributed by atoms with Crippen LogP contribution in [0.2, 0.25) is 0 Å². The molecule has 0 bridgehead atoms. The highest BCUT2D eigenvalue weighted by Crippen LogP contribution is 2.20. The van der Waals surface area contributed by atoms with Crippen molar-refractivity contribution in [2.24, 2.45) is 0 Å². The Kier molecular flexibility index (Phi) is 4.55. The summed E-state index contributed by atoms with van der Waals surface area (Å²) in [4.78, 5) is 0. The van der Waals surface area contributed by atoms with E-state index in [1.807, 2.05) is 6.92 Å². The fourth-order valence-electron chi connectivity index (χ4n) is 1.26. The molecule has 1 N–H and O–H groups in total. The first-order chi connectivity index (χ1) is 6.63. The third-order valence-electron chi connectivity index (χ3n) is 2.23. The van der Waals surface area contributed by atoms with Gasteiger partial charge >= 0.3 is 0 Å². The second-order valence-electron chi connectivity index (χ2n) is 3.34. The molecule has 0 heterocycles. The Morgan fingerprint density at radius 2 is 2.21 bits per heavy atom. The van der Waals surface area contributed by atoms with Crippen molar-refractivity contribution in [3.8, 4) is 0 Å². The van der Waals surface area contributed by atoms with Crippen LogP contribution in [-0.4, -0.2) is 11.2 Å². The van der Waals surface area contributed by atoms with E-state index in [4.69, 9.17) is 0 Å². The summed E-state index contributed by atoms with van der Waals surface area (Å²) in [5.41, 5.74) is 0.914. The van der Waals surface area contributed by atoms with E-state index in [9.17, 15) is 9.50 Å². The standard InChI is InChI=1S/C11H14BrFO/c1-2-10(14)5-3-8-7-9(13)4-6-11(8)12/h4,6-7,10,14H,2-3,5H2,1H3. The second kappa shape index (κ2) is 5.47. The minimum absolute atomic E-state index is 0.228. The summed E-state index contributed by atoms with van der Waals surface area (Å²) in [6, 6.07) is 4.62. The monoisotopic (exact) mass is 260 g/mol. The topological polar surface area (TPSA) is 20.2 Å². The molecule has 1 aromatic rings. The summed E-state index contributed by atoms with van der Waals surface area (Å²) in [7, 11) is 0.